The van der Waals surface area contributed by atoms with Crippen molar-refractivity contribution in [2.45, 2.75) is 25.8 Å². The number of rotatable bonds is 6. The van der Waals surface area contributed by atoms with Crippen molar-refractivity contribution >= 4 is 63.7 Å². The van der Waals surface area contributed by atoms with Crippen LogP contribution >= 0.6 is 35.4 Å². The number of benzene rings is 2. The van der Waals surface area contributed by atoms with Gasteiger partial charge in [-0.1, -0.05) is 48.3 Å². The molecule has 0 aromatic heterocycles. The molecule has 28 heavy (non-hydrogen) atoms. The zero-order valence-electron chi connectivity index (χ0n) is 15.2. The standard InChI is InChI=1S/C20H19Cl2N3O2S/c1-2-10-24-19(27)17(25(20(24)28)14-6-4-3-5-7-14)12-18(26)23-16-11-13(21)8-9-15(16)22/h3-9,11,17H,2,10,12H2,1H3,(H,23,26). The van der Waals surface area contributed by atoms with Gasteiger partial charge in [-0.05, 0) is 49.0 Å². The van der Waals surface area contributed by atoms with Gasteiger partial charge < -0.3 is 10.2 Å². The van der Waals surface area contributed by atoms with Crippen molar-refractivity contribution in [1.82, 2.24) is 4.90 Å². The smallest absolute Gasteiger partial charge is 0.252 e. The number of halogens is 2. The highest BCUT2D eigenvalue weighted by Gasteiger charge is 2.43. The largest absolute Gasteiger partial charge is 0.325 e. The van der Waals surface area contributed by atoms with Crippen LogP contribution in [0.1, 0.15) is 19.8 Å². The number of carbonyl (C=O) groups is 2. The molecule has 0 saturated carbocycles. The highest BCUT2D eigenvalue weighted by atomic mass is 35.5. The van der Waals surface area contributed by atoms with Gasteiger partial charge in [-0.2, -0.15) is 0 Å². The van der Waals surface area contributed by atoms with Gasteiger partial charge in [-0.3, -0.25) is 14.5 Å². The van der Waals surface area contributed by atoms with E-state index < -0.39 is 6.04 Å². The predicted octanol–water partition coefficient (Wildman–Crippen LogP) is 4.73. The maximum Gasteiger partial charge on any atom is 0.252 e. The summed E-state index contributed by atoms with van der Waals surface area (Å²) >= 11 is 17.6. The SMILES string of the molecule is CCCN1C(=O)C(CC(=O)Nc2cc(Cl)ccc2Cl)N(c2ccccc2)C1=S. The van der Waals surface area contributed by atoms with Gasteiger partial charge in [-0.25, -0.2) is 0 Å². The van der Waals surface area contributed by atoms with Crippen molar-refractivity contribution in [1.29, 1.82) is 0 Å². The molecule has 2 amide bonds. The Kier molecular flexibility index (Phi) is 6.54. The van der Waals surface area contributed by atoms with Gasteiger partial charge in [0.15, 0.2) is 5.11 Å². The molecule has 2 aromatic carbocycles. The first kappa shape index (κ1) is 20.6. The molecule has 1 atom stereocenters. The molecule has 8 heteroatoms. The fourth-order valence-electron chi connectivity index (χ4n) is 3.11. The summed E-state index contributed by atoms with van der Waals surface area (Å²) in [5.74, 6) is -0.521. The van der Waals surface area contributed by atoms with Crippen LogP contribution in [0.2, 0.25) is 10.0 Å². The minimum absolute atomic E-state index is 0.0586. The van der Waals surface area contributed by atoms with Crippen LogP contribution in [-0.2, 0) is 9.59 Å². The molecule has 3 rings (SSSR count). The Bertz CT molecular complexity index is 908. The highest BCUT2D eigenvalue weighted by molar-refractivity contribution is 7.80. The maximum absolute atomic E-state index is 13.0. The molecule has 0 spiro atoms. The van der Waals surface area contributed by atoms with E-state index >= 15 is 0 Å². The Morgan fingerprint density at radius 2 is 1.89 bits per heavy atom. The number of para-hydroxylation sites is 1. The molecule has 2 aromatic rings. The summed E-state index contributed by atoms with van der Waals surface area (Å²) in [6, 6.07) is 13.5. The number of hydrogen-bond donors (Lipinski definition) is 1. The third kappa shape index (κ3) is 4.29. The fourth-order valence-corrected chi connectivity index (χ4v) is 3.86. The first-order chi connectivity index (χ1) is 13.4. The van der Waals surface area contributed by atoms with Crippen LogP contribution in [-0.4, -0.2) is 34.4 Å². The van der Waals surface area contributed by atoms with Crippen LogP contribution in [0, 0.1) is 0 Å². The van der Waals surface area contributed by atoms with Crippen LogP contribution < -0.4 is 10.2 Å². The Morgan fingerprint density at radius 3 is 2.57 bits per heavy atom. The van der Waals surface area contributed by atoms with Crippen LogP contribution in [0.15, 0.2) is 48.5 Å². The molecule has 0 aliphatic carbocycles. The van der Waals surface area contributed by atoms with Gasteiger partial charge in [-0.15, -0.1) is 0 Å². The van der Waals surface area contributed by atoms with Gasteiger partial charge >= 0.3 is 0 Å². The summed E-state index contributed by atoms with van der Waals surface area (Å²) < 4.78 is 0. The average molecular weight is 436 g/mol. The quantitative estimate of drug-likeness (QED) is 0.665. The summed E-state index contributed by atoms with van der Waals surface area (Å²) in [4.78, 5) is 28.9. The van der Waals surface area contributed by atoms with Crippen molar-refractivity contribution in [3.8, 4) is 0 Å². The molecular weight excluding hydrogens is 417 g/mol. The third-order valence-corrected chi connectivity index (χ3v) is 5.34. The van der Waals surface area contributed by atoms with Gasteiger partial charge in [0.1, 0.15) is 6.04 Å². The fraction of sp³-hybridized carbons (Fsp3) is 0.250. The van der Waals surface area contributed by atoms with E-state index in [4.69, 9.17) is 35.4 Å². The molecule has 1 saturated heterocycles. The predicted molar refractivity (Wildman–Crippen MR) is 117 cm³/mol. The second-order valence-electron chi connectivity index (χ2n) is 6.37. The first-order valence-electron chi connectivity index (χ1n) is 8.87. The lowest BCUT2D eigenvalue weighted by Gasteiger charge is -2.24. The van der Waals surface area contributed by atoms with Crippen LogP contribution in [0.3, 0.4) is 0 Å². The summed E-state index contributed by atoms with van der Waals surface area (Å²) in [6.07, 6.45) is 0.711. The summed E-state index contributed by atoms with van der Waals surface area (Å²) in [5.41, 5.74) is 1.18. The minimum Gasteiger partial charge on any atom is -0.325 e. The molecule has 1 fully saturated rings. The molecular formula is C20H19Cl2N3O2S. The molecule has 1 aliphatic rings. The Morgan fingerprint density at radius 1 is 1.18 bits per heavy atom. The van der Waals surface area contributed by atoms with Gasteiger partial charge in [0.25, 0.3) is 5.91 Å². The van der Waals surface area contributed by atoms with Crippen molar-refractivity contribution in [3.63, 3.8) is 0 Å². The van der Waals surface area contributed by atoms with E-state index in [9.17, 15) is 9.59 Å². The number of hydrogen-bond acceptors (Lipinski definition) is 3. The van der Waals surface area contributed by atoms with Gasteiger partial charge in [0.2, 0.25) is 5.91 Å². The van der Waals surface area contributed by atoms with Crippen molar-refractivity contribution < 1.29 is 9.59 Å². The lowest BCUT2D eigenvalue weighted by atomic mass is 10.1. The molecule has 0 bridgehead atoms. The summed E-state index contributed by atoms with van der Waals surface area (Å²) in [6.45, 7) is 2.49. The molecule has 1 aliphatic heterocycles. The number of anilines is 2. The van der Waals surface area contributed by atoms with E-state index in [0.29, 0.717) is 27.4 Å². The van der Waals surface area contributed by atoms with E-state index in [2.05, 4.69) is 5.32 Å². The Labute approximate surface area is 179 Å². The second kappa shape index (κ2) is 8.90. The van der Waals surface area contributed by atoms with Crippen LogP contribution in [0.4, 0.5) is 11.4 Å². The first-order valence-corrected chi connectivity index (χ1v) is 10.0. The van der Waals surface area contributed by atoms with Gasteiger partial charge in [0.05, 0.1) is 17.1 Å². The number of nitrogens with one attached hydrogen (secondary N) is 1. The third-order valence-electron chi connectivity index (χ3n) is 4.36. The van der Waals surface area contributed by atoms with Crippen LogP contribution in [0.25, 0.3) is 0 Å². The number of carbonyl (C=O) groups excluding carboxylic acids is 2. The number of nitrogens with zero attached hydrogens (tertiary/aromatic N) is 2. The zero-order chi connectivity index (χ0) is 20.3. The number of thiocarbonyl (C=S) groups is 1. The summed E-state index contributed by atoms with van der Waals surface area (Å²) in [7, 11) is 0. The molecule has 5 nitrogen and oxygen atoms in total. The molecule has 146 valence electrons. The molecule has 1 unspecified atom stereocenters. The highest BCUT2D eigenvalue weighted by Crippen LogP contribution is 2.29. The lowest BCUT2D eigenvalue weighted by Crippen LogP contribution is -2.38. The van der Waals surface area contributed by atoms with Gasteiger partial charge in [0, 0.05) is 17.3 Å². The minimum atomic E-state index is -0.709. The van der Waals surface area contributed by atoms with Crippen molar-refractivity contribution in [3.05, 3.63) is 58.6 Å². The molecule has 1 heterocycles. The molecule has 1 N–H and O–H groups in total. The monoisotopic (exact) mass is 435 g/mol. The maximum atomic E-state index is 13.0. The van der Waals surface area contributed by atoms with E-state index in [1.807, 2.05) is 37.3 Å². The average Bonchev–Trinajstić information content (AvgIpc) is 2.90. The molecule has 0 radical (unpaired) electrons. The number of amides is 2. The van der Waals surface area contributed by atoms with E-state index in [1.54, 1.807) is 28.0 Å². The van der Waals surface area contributed by atoms with E-state index in [-0.39, 0.29) is 18.2 Å². The zero-order valence-corrected chi connectivity index (χ0v) is 17.5. The Balaban J connectivity index is 1.84. The Hall–Kier alpha value is -2.15. The normalized spacial score (nSPS) is 16.6. The van der Waals surface area contributed by atoms with Crippen molar-refractivity contribution in [2.75, 3.05) is 16.8 Å². The summed E-state index contributed by atoms with van der Waals surface area (Å²) in [5, 5.41) is 3.98. The van der Waals surface area contributed by atoms with E-state index in [1.165, 1.54) is 0 Å². The topological polar surface area (TPSA) is 52.7 Å². The second-order valence-corrected chi connectivity index (χ2v) is 7.58. The van der Waals surface area contributed by atoms with E-state index in [0.717, 1.165) is 12.1 Å². The van der Waals surface area contributed by atoms with Crippen LogP contribution in [0.5, 0.6) is 0 Å². The lowest BCUT2D eigenvalue weighted by molar-refractivity contribution is -0.129. The van der Waals surface area contributed by atoms with Crippen molar-refractivity contribution in [2.24, 2.45) is 0 Å².